The first kappa shape index (κ1) is 19.8. The van der Waals surface area contributed by atoms with Crippen molar-refractivity contribution in [2.75, 3.05) is 26.8 Å². The Morgan fingerprint density at radius 1 is 1.36 bits per heavy atom. The number of rotatable bonds is 6. The fraction of sp³-hybridized carbons (Fsp3) is 0.500. The summed E-state index contributed by atoms with van der Waals surface area (Å²) in [5.74, 6) is 0.877. The van der Waals surface area contributed by atoms with Crippen LogP contribution >= 0.6 is 0 Å². The van der Waals surface area contributed by atoms with E-state index < -0.39 is 0 Å². The first-order valence-electron chi connectivity index (χ1n) is 9.55. The summed E-state index contributed by atoms with van der Waals surface area (Å²) in [6.07, 6.45) is 1.51. The third kappa shape index (κ3) is 3.99. The van der Waals surface area contributed by atoms with Crippen LogP contribution in [-0.4, -0.2) is 52.0 Å². The maximum Gasteiger partial charge on any atom is 0.345 e. The molecule has 0 N–H and O–H groups in total. The standard InChI is InChI=1S/C20H25N5O3/c1-3-24-18(22-25(20(24)27)11-12-28-2)16-7-9-23(10-8-16)19(26)17-6-4-5-15(13-17)14-21/h4-6,13,16H,3,7-12H2,1-2H3. The smallest absolute Gasteiger partial charge is 0.345 e. The van der Waals surface area contributed by atoms with E-state index in [2.05, 4.69) is 11.2 Å². The Hall–Kier alpha value is -2.92. The molecule has 148 valence electrons. The highest BCUT2D eigenvalue weighted by molar-refractivity contribution is 5.94. The first-order chi connectivity index (χ1) is 13.6. The van der Waals surface area contributed by atoms with Gasteiger partial charge in [0.1, 0.15) is 5.82 Å². The average Bonchev–Trinajstić information content (AvgIpc) is 3.07. The lowest BCUT2D eigenvalue weighted by Crippen LogP contribution is -2.38. The monoisotopic (exact) mass is 383 g/mol. The van der Waals surface area contributed by atoms with E-state index in [0.29, 0.717) is 43.9 Å². The lowest BCUT2D eigenvalue weighted by molar-refractivity contribution is 0.0710. The number of amides is 1. The molecule has 0 aliphatic carbocycles. The third-order valence-corrected chi connectivity index (χ3v) is 5.16. The zero-order valence-electron chi connectivity index (χ0n) is 16.3. The van der Waals surface area contributed by atoms with Gasteiger partial charge in [-0.3, -0.25) is 9.36 Å². The summed E-state index contributed by atoms with van der Waals surface area (Å²) in [5, 5.41) is 13.6. The van der Waals surface area contributed by atoms with Gasteiger partial charge in [-0.05, 0) is 38.0 Å². The molecular formula is C20H25N5O3. The van der Waals surface area contributed by atoms with Crippen LogP contribution in [0.4, 0.5) is 0 Å². The van der Waals surface area contributed by atoms with Gasteiger partial charge in [-0.1, -0.05) is 6.07 Å². The zero-order valence-corrected chi connectivity index (χ0v) is 16.3. The lowest BCUT2D eigenvalue weighted by Gasteiger charge is -2.31. The quantitative estimate of drug-likeness (QED) is 0.755. The first-order valence-corrected chi connectivity index (χ1v) is 9.55. The van der Waals surface area contributed by atoms with Gasteiger partial charge in [0.05, 0.1) is 24.8 Å². The molecule has 1 saturated heterocycles. The van der Waals surface area contributed by atoms with Gasteiger partial charge in [-0.25, -0.2) is 9.48 Å². The van der Waals surface area contributed by atoms with Crippen molar-refractivity contribution in [1.29, 1.82) is 5.26 Å². The predicted molar refractivity (Wildman–Crippen MR) is 103 cm³/mol. The van der Waals surface area contributed by atoms with E-state index in [1.165, 1.54) is 4.68 Å². The fourth-order valence-corrected chi connectivity index (χ4v) is 3.63. The van der Waals surface area contributed by atoms with E-state index in [0.717, 1.165) is 18.7 Å². The summed E-state index contributed by atoms with van der Waals surface area (Å²) in [7, 11) is 1.60. The highest BCUT2D eigenvalue weighted by Crippen LogP contribution is 2.27. The Kier molecular flexibility index (Phi) is 6.26. The second kappa shape index (κ2) is 8.85. The van der Waals surface area contributed by atoms with Crippen LogP contribution in [0, 0.1) is 11.3 Å². The molecule has 1 aliphatic heterocycles. The van der Waals surface area contributed by atoms with E-state index in [4.69, 9.17) is 10.00 Å². The van der Waals surface area contributed by atoms with Crippen LogP contribution in [0.15, 0.2) is 29.1 Å². The van der Waals surface area contributed by atoms with E-state index in [1.807, 2.05) is 11.8 Å². The van der Waals surface area contributed by atoms with Crippen molar-refractivity contribution in [2.24, 2.45) is 0 Å². The molecule has 0 spiro atoms. The minimum atomic E-state index is -0.110. The van der Waals surface area contributed by atoms with E-state index >= 15 is 0 Å². The summed E-state index contributed by atoms with van der Waals surface area (Å²) in [4.78, 5) is 27.1. The molecule has 1 amide bonds. The summed E-state index contributed by atoms with van der Waals surface area (Å²) in [6, 6.07) is 8.84. The van der Waals surface area contributed by atoms with Gasteiger partial charge in [0.2, 0.25) is 0 Å². The van der Waals surface area contributed by atoms with Gasteiger partial charge in [0, 0.05) is 38.2 Å². The molecular weight excluding hydrogens is 358 g/mol. The molecule has 8 nitrogen and oxygen atoms in total. The molecule has 2 heterocycles. The summed E-state index contributed by atoms with van der Waals surface area (Å²) in [6.45, 7) is 4.58. The van der Waals surface area contributed by atoms with Crippen LogP contribution in [0.5, 0.6) is 0 Å². The SMILES string of the molecule is CCn1c(C2CCN(C(=O)c3cccc(C#N)c3)CC2)nn(CCOC)c1=O. The normalized spacial score (nSPS) is 14.8. The summed E-state index contributed by atoms with van der Waals surface area (Å²) < 4.78 is 8.24. The summed E-state index contributed by atoms with van der Waals surface area (Å²) >= 11 is 0. The van der Waals surface area contributed by atoms with Gasteiger partial charge in [0.25, 0.3) is 5.91 Å². The maximum absolute atomic E-state index is 12.7. The molecule has 1 fully saturated rings. The number of aromatic nitrogens is 3. The Morgan fingerprint density at radius 2 is 2.11 bits per heavy atom. The molecule has 1 aliphatic rings. The molecule has 1 aromatic heterocycles. The van der Waals surface area contributed by atoms with Crippen LogP contribution in [0.25, 0.3) is 0 Å². The van der Waals surface area contributed by atoms with E-state index in [-0.39, 0.29) is 17.5 Å². The van der Waals surface area contributed by atoms with Crippen LogP contribution in [0.1, 0.15) is 47.4 Å². The fourth-order valence-electron chi connectivity index (χ4n) is 3.63. The number of carbonyl (C=O) groups excluding carboxylic acids is 1. The number of nitriles is 1. The number of methoxy groups -OCH3 is 1. The number of carbonyl (C=O) groups is 1. The number of ether oxygens (including phenoxy) is 1. The second-order valence-corrected chi connectivity index (χ2v) is 6.86. The van der Waals surface area contributed by atoms with Crippen LogP contribution < -0.4 is 5.69 Å². The van der Waals surface area contributed by atoms with Gasteiger partial charge in [-0.2, -0.15) is 10.4 Å². The Balaban J connectivity index is 1.71. The largest absolute Gasteiger partial charge is 0.383 e. The van der Waals surface area contributed by atoms with Gasteiger partial charge >= 0.3 is 5.69 Å². The second-order valence-electron chi connectivity index (χ2n) is 6.86. The minimum Gasteiger partial charge on any atom is -0.383 e. The molecule has 0 atom stereocenters. The average molecular weight is 383 g/mol. The predicted octanol–water partition coefficient (Wildman–Crippen LogP) is 1.60. The lowest BCUT2D eigenvalue weighted by atomic mass is 9.95. The molecule has 0 saturated carbocycles. The van der Waals surface area contributed by atoms with Crippen molar-refractivity contribution >= 4 is 5.91 Å². The number of hydrogen-bond acceptors (Lipinski definition) is 5. The number of nitrogens with zero attached hydrogens (tertiary/aromatic N) is 5. The van der Waals surface area contributed by atoms with Crippen molar-refractivity contribution in [3.63, 3.8) is 0 Å². The van der Waals surface area contributed by atoms with Crippen molar-refractivity contribution in [1.82, 2.24) is 19.2 Å². The van der Waals surface area contributed by atoms with Crippen molar-refractivity contribution in [2.45, 2.75) is 38.8 Å². The molecule has 8 heteroatoms. The molecule has 3 rings (SSSR count). The number of likely N-dealkylation sites (tertiary alicyclic amines) is 1. The molecule has 0 unspecified atom stereocenters. The van der Waals surface area contributed by atoms with Gasteiger partial charge in [0.15, 0.2) is 0 Å². The number of piperidine rings is 1. The Labute approximate surface area is 163 Å². The highest BCUT2D eigenvalue weighted by Gasteiger charge is 2.28. The molecule has 1 aromatic carbocycles. The van der Waals surface area contributed by atoms with Crippen molar-refractivity contribution in [3.8, 4) is 6.07 Å². The third-order valence-electron chi connectivity index (χ3n) is 5.16. The minimum absolute atomic E-state index is 0.0611. The van der Waals surface area contributed by atoms with E-state index in [1.54, 1.807) is 35.9 Å². The van der Waals surface area contributed by atoms with Gasteiger partial charge in [-0.15, -0.1) is 0 Å². The van der Waals surface area contributed by atoms with Crippen molar-refractivity contribution in [3.05, 3.63) is 51.7 Å². The molecule has 0 bridgehead atoms. The van der Waals surface area contributed by atoms with Crippen LogP contribution in [-0.2, 0) is 17.8 Å². The van der Waals surface area contributed by atoms with Gasteiger partial charge < -0.3 is 9.64 Å². The number of benzene rings is 1. The Bertz CT molecular complexity index is 932. The zero-order chi connectivity index (χ0) is 20.1. The molecule has 28 heavy (non-hydrogen) atoms. The molecule has 0 radical (unpaired) electrons. The van der Waals surface area contributed by atoms with Crippen LogP contribution in [0.2, 0.25) is 0 Å². The highest BCUT2D eigenvalue weighted by atomic mass is 16.5. The Morgan fingerprint density at radius 3 is 2.75 bits per heavy atom. The molecule has 2 aromatic rings. The maximum atomic E-state index is 12.7. The van der Waals surface area contributed by atoms with Crippen molar-refractivity contribution < 1.29 is 9.53 Å². The summed E-state index contributed by atoms with van der Waals surface area (Å²) in [5.41, 5.74) is 0.905. The van der Waals surface area contributed by atoms with E-state index in [9.17, 15) is 9.59 Å². The number of hydrogen-bond donors (Lipinski definition) is 0. The topological polar surface area (TPSA) is 93.2 Å². The van der Waals surface area contributed by atoms with Crippen LogP contribution in [0.3, 0.4) is 0 Å².